The number of carbonyl (C=O) groups is 1. The minimum atomic E-state index is -4.01. The van der Waals surface area contributed by atoms with Crippen molar-refractivity contribution in [2.45, 2.75) is 38.5 Å². The van der Waals surface area contributed by atoms with Crippen LogP contribution in [-0.2, 0) is 26.0 Å². The van der Waals surface area contributed by atoms with Crippen LogP contribution in [-0.4, -0.2) is 48.7 Å². The maximum Gasteiger partial charge on any atom is 0.263 e. The number of aromatic nitrogens is 3. The average molecular weight is 459 g/mol. The van der Waals surface area contributed by atoms with Crippen molar-refractivity contribution in [2.24, 2.45) is 0 Å². The summed E-state index contributed by atoms with van der Waals surface area (Å²) in [6, 6.07) is 14.8. The summed E-state index contributed by atoms with van der Waals surface area (Å²) >= 11 is 0. The molecule has 0 aliphatic heterocycles. The van der Waals surface area contributed by atoms with Crippen molar-refractivity contribution in [1.29, 1.82) is 0 Å². The summed E-state index contributed by atoms with van der Waals surface area (Å²) in [5.41, 5.74) is 1.17. The molecule has 0 aliphatic carbocycles. The minimum absolute atomic E-state index is 0.0441. The Bertz CT molecular complexity index is 1140. The summed E-state index contributed by atoms with van der Waals surface area (Å²) in [4.78, 5) is 13.1. The van der Waals surface area contributed by atoms with Crippen LogP contribution in [0.15, 0.2) is 59.5 Å². The SMILES string of the molecule is CCOC(Cn1nnc(C(=O)c2ccccc2)c1NS(=O)(=O)c1ccc(C)cc1)OCC. The highest BCUT2D eigenvalue weighted by Gasteiger charge is 2.27. The largest absolute Gasteiger partial charge is 0.351 e. The van der Waals surface area contributed by atoms with Gasteiger partial charge in [0.05, 0.1) is 11.4 Å². The summed E-state index contributed by atoms with van der Waals surface area (Å²) in [5.74, 6) is -0.508. The van der Waals surface area contributed by atoms with Crippen LogP contribution in [0.4, 0.5) is 5.82 Å². The fourth-order valence-electron chi connectivity index (χ4n) is 2.99. The van der Waals surface area contributed by atoms with Crippen LogP contribution < -0.4 is 4.72 Å². The summed E-state index contributed by atoms with van der Waals surface area (Å²) in [6.45, 7) is 6.32. The number of anilines is 1. The smallest absolute Gasteiger partial charge is 0.263 e. The Morgan fingerprint density at radius 1 is 1.03 bits per heavy atom. The number of nitrogens with one attached hydrogen (secondary N) is 1. The van der Waals surface area contributed by atoms with E-state index in [-0.39, 0.29) is 23.0 Å². The second kappa shape index (κ2) is 10.5. The third-order valence-electron chi connectivity index (χ3n) is 4.58. The average Bonchev–Trinajstić information content (AvgIpc) is 3.16. The molecule has 3 rings (SSSR count). The number of hydrogen-bond acceptors (Lipinski definition) is 7. The van der Waals surface area contributed by atoms with Crippen LogP contribution in [0.3, 0.4) is 0 Å². The van der Waals surface area contributed by atoms with Crippen molar-refractivity contribution in [3.8, 4) is 0 Å². The van der Waals surface area contributed by atoms with Crippen molar-refractivity contribution in [3.63, 3.8) is 0 Å². The second-order valence-corrected chi connectivity index (χ2v) is 8.61. The molecule has 1 aromatic heterocycles. The molecule has 0 saturated carbocycles. The highest BCUT2D eigenvalue weighted by atomic mass is 32.2. The number of nitrogens with zero attached hydrogens (tertiary/aromatic N) is 3. The van der Waals surface area contributed by atoms with Crippen molar-refractivity contribution in [1.82, 2.24) is 15.0 Å². The molecule has 0 fully saturated rings. The van der Waals surface area contributed by atoms with Gasteiger partial charge in [-0.15, -0.1) is 5.10 Å². The lowest BCUT2D eigenvalue weighted by Crippen LogP contribution is -2.26. The molecule has 3 aromatic rings. The van der Waals surface area contributed by atoms with E-state index in [1.807, 2.05) is 20.8 Å². The lowest BCUT2D eigenvalue weighted by molar-refractivity contribution is -0.144. The van der Waals surface area contributed by atoms with Crippen molar-refractivity contribution in [2.75, 3.05) is 17.9 Å². The Kier molecular flexibility index (Phi) is 7.73. The molecule has 32 heavy (non-hydrogen) atoms. The Morgan fingerprint density at radius 3 is 2.25 bits per heavy atom. The van der Waals surface area contributed by atoms with Crippen molar-refractivity contribution < 1.29 is 22.7 Å². The van der Waals surface area contributed by atoms with Gasteiger partial charge in [-0.25, -0.2) is 13.1 Å². The third kappa shape index (κ3) is 5.58. The predicted octanol–water partition coefficient (Wildman–Crippen LogP) is 3.02. The van der Waals surface area contributed by atoms with Gasteiger partial charge in [0.25, 0.3) is 10.0 Å². The maximum atomic E-state index is 13.1. The molecule has 0 amide bonds. The van der Waals surface area contributed by atoms with E-state index in [4.69, 9.17) is 9.47 Å². The van der Waals surface area contributed by atoms with Gasteiger partial charge in [0.15, 0.2) is 17.8 Å². The molecule has 1 N–H and O–H groups in total. The lowest BCUT2D eigenvalue weighted by Gasteiger charge is -2.18. The van der Waals surface area contributed by atoms with E-state index >= 15 is 0 Å². The summed E-state index contributed by atoms with van der Waals surface area (Å²) < 4.78 is 41.0. The molecule has 10 heteroatoms. The number of rotatable bonds is 11. The Labute approximate surface area is 187 Å². The van der Waals surface area contributed by atoms with Crippen LogP contribution in [0.5, 0.6) is 0 Å². The molecule has 0 aliphatic rings. The first-order valence-corrected chi connectivity index (χ1v) is 11.7. The zero-order valence-electron chi connectivity index (χ0n) is 18.2. The second-order valence-electron chi connectivity index (χ2n) is 6.92. The topological polar surface area (TPSA) is 112 Å². The number of carbonyl (C=O) groups excluding carboxylic acids is 1. The van der Waals surface area contributed by atoms with Gasteiger partial charge in [0.2, 0.25) is 5.78 Å². The van der Waals surface area contributed by atoms with E-state index in [9.17, 15) is 13.2 Å². The molecule has 170 valence electrons. The minimum Gasteiger partial charge on any atom is -0.351 e. The number of hydrogen-bond donors (Lipinski definition) is 1. The van der Waals surface area contributed by atoms with E-state index in [0.29, 0.717) is 18.8 Å². The van der Waals surface area contributed by atoms with E-state index in [1.54, 1.807) is 42.5 Å². The molecule has 1 heterocycles. The lowest BCUT2D eigenvalue weighted by atomic mass is 10.1. The summed E-state index contributed by atoms with van der Waals surface area (Å²) in [5, 5.41) is 8.00. The number of aryl methyl sites for hydroxylation is 1. The molecule has 0 unspecified atom stereocenters. The fraction of sp³-hybridized carbons (Fsp3) is 0.318. The molecule has 0 saturated heterocycles. The molecule has 0 spiro atoms. The number of ether oxygens (including phenoxy) is 2. The monoisotopic (exact) mass is 458 g/mol. The summed E-state index contributed by atoms with van der Waals surface area (Å²) in [6.07, 6.45) is -0.686. The maximum absolute atomic E-state index is 13.1. The van der Waals surface area contributed by atoms with E-state index in [1.165, 1.54) is 16.8 Å². The van der Waals surface area contributed by atoms with Gasteiger partial charge in [0.1, 0.15) is 0 Å². The van der Waals surface area contributed by atoms with Gasteiger partial charge in [-0.05, 0) is 32.9 Å². The number of benzene rings is 2. The molecule has 0 atom stereocenters. The van der Waals surface area contributed by atoms with Gasteiger partial charge in [-0.1, -0.05) is 53.2 Å². The van der Waals surface area contributed by atoms with Gasteiger partial charge in [-0.3, -0.25) is 9.52 Å². The highest BCUT2D eigenvalue weighted by molar-refractivity contribution is 7.92. The first kappa shape index (κ1) is 23.6. The third-order valence-corrected chi connectivity index (χ3v) is 5.93. The van der Waals surface area contributed by atoms with Gasteiger partial charge >= 0.3 is 0 Å². The molecule has 0 radical (unpaired) electrons. The van der Waals surface area contributed by atoms with Crippen LogP contribution in [0, 0.1) is 6.92 Å². The van der Waals surface area contributed by atoms with E-state index in [0.717, 1.165) is 5.56 Å². The van der Waals surface area contributed by atoms with E-state index < -0.39 is 22.1 Å². The molecular weight excluding hydrogens is 432 g/mol. The first-order valence-electron chi connectivity index (χ1n) is 10.2. The Morgan fingerprint density at radius 2 is 1.66 bits per heavy atom. The van der Waals surface area contributed by atoms with Crippen molar-refractivity contribution in [3.05, 3.63) is 71.4 Å². The van der Waals surface area contributed by atoms with Gasteiger partial charge < -0.3 is 9.47 Å². The normalized spacial score (nSPS) is 11.6. The van der Waals surface area contributed by atoms with Gasteiger partial charge in [0, 0.05) is 18.8 Å². The number of sulfonamides is 1. The van der Waals surface area contributed by atoms with E-state index in [2.05, 4.69) is 15.0 Å². The highest BCUT2D eigenvalue weighted by Crippen LogP contribution is 2.22. The molecule has 0 bridgehead atoms. The molecule has 9 nitrogen and oxygen atoms in total. The van der Waals surface area contributed by atoms with Crippen LogP contribution in [0.1, 0.15) is 35.5 Å². The van der Waals surface area contributed by atoms with Crippen LogP contribution >= 0.6 is 0 Å². The Hall–Kier alpha value is -3.08. The van der Waals surface area contributed by atoms with Gasteiger partial charge in [-0.2, -0.15) is 0 Å². The Balaban J connectivity index is 2.02. The zero-order valence-corrected chi connectivity index (χ0v) is 19.0. The fourth-order valence-corrected chi connectivity index (χ4v) is 4.06. The standard InChI is InChI=1S/C22H26N4O5S/c1-4-30-19(31-5-2)15-26-22(24-32(28,29)18-13-11-16(3)12-14-18)20(23-25-26)21(27)17-9-7-6-8-10-17/h6-14,19,24H,4-5,15H2,1-3H3. The molecular formula is C22H26N4O5S. The van der Waals surface area contributed by atoms with Crippen LogP contribution in [0.2, 0.25) is 0 Å². The zero-order chi connectivity index (χ0) is 23.1. The number of ketones is 1. The first-order chi connectivity index (χ1) is 15.4. The molecule has 2 aromatic carbocycles. The van der Waals surface area contributed by atoms with Crippen molar-refractivity contribution >= 4 is 21.6 Å². The van der Waals surface area contributed by atoms with Crippen LogP contribution in [0.25, 0.3) is 0 Å². The summed E-state index contributed by atoms with van der Waals surface area (Å²) in [7, 11) is -4.01. The quantitative estimate of drug-likeness (QED) is 0.347. The predicted molar refractivity (Wildman–Crippen MR) is 119 cm³/mol.